The summed E-state index contributed by atoms with van der Waals surface area (Å²) in [7, 11) is 0. The number of hydrogen-bond donors (Lipinski definition) is 0. The van der Waals surface area contributed by atoms with Gasteiger partial charge in [-0.2, -0.15) is 0 Å². The number of carbonyl (C=O) groups is 1. The van der Waals surface area contributed by atoms with Crippen LogP contribution in [0.15, 0.2) is 30.3 Å². The summed E-state index contributed by atoms with van der Waals surface area (Å²) in [6.07, 6.45) is -0.339. The first kappa shape index (κ1) is 14.1. The standard InChI is InChI=1S/C16H22O3/c1-10-11(2)13(4)18-16(12(10)3)19-15(17)14-8-6-5-7-9-14/h5-13,16H,1-4H3/t10-,11-,12?,13?,16-/m0/s1. The highest BCUT2D eigenvalue weighted by Crippen LogP contribution is 2.35. The molecule has 0 amide bonds. The summed E-state index contributed by atoms with van der Waals surface area (Å²) >= 11 is 0. The predicted molar refractivity (Wildman–Crippen MR) is 73.7 cm³/mol. The van der Waals surface area contributed by atoms with E-state index in [0.717, 1.165) is 0 Å². The van der Waals surface area contributed by atoms with E-state index in [0.29, 0.717) is 17.4 Å². The molecule has 0 radical (unpaired) electrons. The van der Waals surface area contributed by atoms with Crippen molar-refractivity contribution in [2.75, 3.05) is 0 Å². The number of esters is 1. The highest BCUT2D eigenvalue weighted by molar-refractivity contribution is 5.89. The van der Waals surface area contributed by atoms with Crippen molar-refractivity contribution >= 4 is 5.97 Å². The minimum absolute atomic E-state index is 0.111. The zero-order valence-electron chi connectivity index (χ0n) is 12.0. The van der Waals surface area contributed by atoms with Crippen LogP contribution in [0.1, 0.15) is 38.1 Å². The van der Waals surface area contributed by atoms with E-state index in [1.54, 1.807) is 12.1 Å². The first-order chi connectivity index (χ1) is 9.00. The lowest BCUT2D eigenvalue weighted by Gasteiger charge is -2.41. The van der Waals surface area contributed by atoms with Crippen molar-refractivity contribution in [3.8, 4) is 0 Å². The Hall–Kier alpha value is -1.35. The topological polar surface area (TPSA) is 35.5 Å². The van der Waals surface area contributed by atoms with Gasteiger partial charge in [0.05, 0.1) is 11.7 Å². The molecule has 104 valence electrons. The van der Waals surface area contributed by atoms with Crippen molar-refractivity contribution in [1.82, 2.24) is 0 Å². The second-order valence-corrected chi connectivity index (χ2v) is 5.56. The van der Waals surface area contributed by atoms with Crippen molar-refractivity contribution in [3.63, 3.8) is 0 Å². The third-order valence-corrected chi connectivity index (χ3v) is 4.41. The van der Waals surface area contributed by atoms with Crippen molar-refractivity contribution < 1.29 is 14.3 Å². The van der Waals surface area contributed by atoms with E-state index in [2.05, 4.69) is 20.8 Å². The van der Waals surface area contributed by atoms with Gasteiger partial charge in [-0.3, -0.25) is 0 Å². The van der Waals surface area contributed by atoms with Gasteiger partial charge < -0.3 is 9.47 Å². The van der Waals surface area contributed by atoms with Crippen LogP contribution < -0.4 is 0 Å². The molecule has 1 heterocycles. The van der Waals surface area contributed by atoms with E-state index in [1.165, 1.54) is 0 Å². The highest BCUT2D eigenvalue weighted by Gasteiger charge is 2.39. The normalized spacial score (nSPS) is 34.8. The Morgan fingerprint density at radius 2 is 1.63 bits per heavy atom. The Balaban J connectivity index is 2.05. The fourth-order valence-electron chi connectivity index (χ4n) is 2.50. The van der Waals surface area contributed by atoms with Gasteiger partial charge in [-0.25, -0.2) is 4.79 Å². The smallest absolute Gasteiger partial charge is 0.340 e. The van der Waals surface area contributed by atoms with Gasteiger partial charge >= 0.3 is 5.97 Å². The fourth-order valence-corrected chi connectivity index (χ4v) is 2.50. The van der Waals surface area contributed by atoms with Crippen LogP contribution in [-0.4, -0.2) is 18.4 Å². The molecular formula is C16H22O3. The van der Waals surface area contributed by atoms with E-state index >= 15 is 0 Å². The van der Waals surface area contributed by atoms with Crippen LogP contribution in [0.2, 0.25) is 0 Å². The summed E-state index contributed by atoms with van der Waals surface area (Å²) in [5.74, 6) is 0.837. The zero-order chi connectivity index (χ0) is 14.0. The lowest BCUT2D eigenvalue weighted by atomic mass is 9.79. The molecule has 0 N–H and O–H groups in total. The summed E-state index contributed by atoms with van der Waals surface area (Å²) in [5, 5.41) is 0. The van der Waals surface area contributed by atoms with E-state index < -0.39 is 6.29 Å². The second-order valence-electron chi connectivity index (χ2n) is 5.56. The van der Waals surface area contributed by atoms with Crippen molar-refractivity contribution in [3.05, 3.63) is 35.9 Å². The van der Waals surface area contributed by atoms with Gasteiger partial charge in [0.25, 0.3) is 0 Å². The Bertz CT molecular complexity index is 429. The van der Waals surface area contributed by atoms with Crippen LogP contribution in [0.5, 0.6) is 0 Å². The van der Waals surface area contributed by atoms with Crippen LogP contribution in [0, 0.1) is 17.8 Å². The lowest BCUT2D eigenvalue weighted by molar-refractivity contribution is -0.219. The molecule has 3 heteroatoms. The van der Waals surface area contributed by atoms with Gasteiger partial charge in [0, 0.05) is 5.92 Å². The van der Waals surface area contributed by atoms with Crippen LogP contribution in [0.25, 0.3) is 0 Å². The summed E-state index contributed by atoms with van der Waals surface area (Å²) in [5.41, 5.74) is 0.567. The third-order valence-electron chi connectivity index (χ3n) is 4.41. The van der Waals surface area contributed by atoms with Crippen molar-refractivity contribution in [1.29, 1.82) is 0 Å². The minimum Gasteiger partial charge on any atom is -0.432 e. The first-order valence-corrected chi connectivity index (χ1v) is 6.92. The van der Waals surface area contributed by atoms with Gasteiger partial charge in [0.2, 0.25) is 6.29 Å². The van der Waals surface area contributed by atoms with Gasteiger partial charge in [-0.05, 0) is 30.9 Å². The molecule has 1 aromatic rings. The Labute approximate surface area is 114 Å². The maximum absolute atomic E-state index is 12.1. The zero-order valence-corrected chi connectivity index (χ0v) is 12.0. The molecule has 2 rings (SSSR count). The molecule has 1 fully saturated rings. The predicted octanol–water partition coefficient (Wildman–Crippen LogP) is 3.50. The molecule has 1 aliphatic heterocycles. The average molecular weight is 262 g/mol. The van der Waals surface area contributed by atoms with Crippen molar-refractivity contribution in [2.24, 2.45) is 17.8 Å². The van der Waals surface area contributed by atoms with E-state index in [4.69, 9.17) is 9.47 Å². The number of hydrogen-bond acceptors (Lipinski definition) is 3. The summed E-state index contributed by atoms with van der Waals surface area (Å²) in [6.45, 7) is 8.49. The Kier molecular flexibility index (Phi) is 4.25. The number of carbonyl (C=O) groups excluding carboxylic acids is 1. The second kappa shape index (κ2) is 5.74. The molecule has 3 nitrogen and oxygen atoms in total. The molecule has 5 atom stereocenters. The molecule has 2 unspecified atom stereocenters. The van der Waals surface area contributed by atoms with E-state index in [9.17, 15) is 4.79 Å². The van der Waals surface area contributed by atoms with Crippen LogP contribution in [0.3, 0.4) is 0 Å². The largest absolute Gasteiger partial charge is 0.432 e. The molecule has 19 heavy (non-hydrogen) atoms. The molecule has 0 spiro atoms. The lowest BCUT2D eigenvalue weighted by Crippen LogP contribution is -2.45. The highest BCUT2D eigenvalue weighted by atomic mass is 16.7. The summed E-state index contributed by atoms with van der Waals surface area (Å²) in [6, 6.07) is 9.04. The molecular weight excluding hydrogens is 240 g/mol. The number of ether oxygens (including phenoxy) is 2. The maximum atomic E-state index is 12.1. The molecule has 1 saturated heterocycles. The number of rotatable bonds is 2. The van der Waals surface area contributed by atoms with E-state index in [-0.39, 0.29) is 18.0 Å². The van der Waals surface area contributed by atoms with Gasteiger partial charge in [0.15, 0.2) is 0 Å². The summed E-state index contributed by atoms with van der Waals surface area (Å²) < 4.78 is 11.3. The number of benzene rings is 1. The average Bonchev–Trinajstić information content (AvgIpc) is 2.43. The molecule has 0 saturated carbocycles. The molecule has 0 bridgehead atoms. The molecule has 0 aliphatic carbocycles. The quantitative estimate of drug-likeness (QED) is 0.765. The van der Waals surface area contributed by atoms with Gasteiger partial charge in [-0.15, -0.1) is 0 Å². The Morgan fingerprint density at radius 3 is 2.26 bits per heavy atom. The maximum Gasteiger partial charge on any atom is 0.340 e. The molecule has 1 aromatic carbocycles. The Morgan fingerprint density at radius 1 is 1.00 bits per heavy atom. The van der Waals surface area contributed by atoms with E-state index in [1.807, 2.05) is 25.1 Å². The minimum atomic E-state index is -0.450. The van der Waals surface area contributed by atoms with Gasteiger partial charge in [-0.1, -0.05) is 39.0 Å². The monoisotopic (exact) mass is 262 g/mol. The summed E-state index contributed by atoms with van der Waals surface area (Å²) in [4.78, 5) is 12.1. The molecule has 1 aliphatic rings. The SMILES string of the molecule is CC1O[C@@H](OC(=O)c2ccccc2)C(C)[C@@H](C)[C@@H]1C. The van der Waals surface area contributed by atoms with Crippen LogP contribution in [0.4, 0.5) is 0 Å². The first-order valence-electron chi connectivity index (χ1n) is 6.92. The fraction of sp³-hybridized carbons (Fsp3) is 0.562. The van der Waals surface area contributed by atoms with Crippen LogP contribution in [-0.2, 0) is 9.47 Å². The third kappa shape index (κ3) is 2.98. The van der Waals surface area contributed by atoms with Crippen molar-refractivity contribution in [2.45, 2.75) is 40.1 Å². The van der Waals surface area contributed by atoms with Gasteiger partial charge in [0.1, 0.15) is 0 Å². The van der Waals surface area contributed by atoms with Crippen LogP contribution >= 0.6 is 0 Å². The molecule has 0 aromatic heterocycles.